The Morgan fingerprint density at radius 3 is 2.52 bits per heavy atom. The molecular formula is C21H23NO3. The highest BCUT2D eigenvalue weighted by Crippen LogP contribution is 2.21. The summed E-state index contributed by atoms with van der Waals surface area (Å²) >= 11 is 0. The molecule has 0 saturated heterocycles. The second-order valence-corrected chi connectivity index (χ2v) is 6.19. The predicted octanol–water partition coefficient (Wildman–Crippen LogP) is 3.35. The molecule has 1 N–H and O–H groups in total. The van der Waals surface area contributed by atoms with Crippen LogP contribution in [0.4, 0.5) is 0 Å². The van der Waals surface area contributed by atoms with Crippen molar-refractivity contribution in [2.24, 2.45) is 0 Å². The van der Waals surface area contributed by atoms with Crippen LogP contribution < -0.4 is 5.63 Å². The number of benzene rings is 2. The lowest BCUT2D eigenvalue weighted by Gasteiger charge is -2.22. The summed E-state index contributed by atoms with van der Waals surface area (Å²) in [5.41, 5.74) is 3.55. The van der Waals surface area contributed by atoms with Crippen LogP contribution in [0.15, 0.2) is 63.8 Å². The van der Waals surface area contributed by atoms with Crippen molar-refractivity contribution >= 4 is 11.0 Å². The molecule has 0 aliphatic carbocycles. The molecule has 3 rings (SSSR count). The van der Waals surface area contributed by atoms with Crippen LogP contribution in [0.25, 0.3) is 11.0 Å². The number of fused-ring (bicyclic) bond motifs is 1. The predicted molar refractivity (Wildman–Crippen MR) is 99.5 cm³/mol. The topological polar surface area (TPSA) is 53.7 Å². The SMILES string of the molecule is CCc1ccc2c(CN(CCO)Cc3ccccc3)cc(=O)oc2c1. The van der Waals surface area contributed by atoms with Crippen LogP contribution in [0.1, 0.15) is 23.6 Å². The Bertz CT molecular complexity index is 887. The summed E-state index contributed by atoms with van der Waals surface area (Å²) in [6, 6.07) is 17.7. The fourth-order valence-electron chi connectivity index (χ4n) is 3.06. The monoisotopic (exact) mass is 337 g/mol. The molecule has 0 fully saturated rings. The molecule has 4 nitrogen and oxygen atoms in total. The van der Waals surface area contributed by atoms with Crippen molar-refractivity contribution in [2.75, 3.05) is 13.2 Å². The van der Waals surface area contributed by atoms with E-state index in [4.69, 9.17) is 4.42 Å². The number of hydrogen-bond donors (Lipinski definition) is 1. The minimum absolute atomic E-state index is 0.0756. The quantitative estimate of drug-likeness (QED) is 0.672. The van der Waals surface area contributed by atoms with Gasteiger partial charge in [0.15, 0.2) is 0 Å². The van der Waals surface area contributed by atoms with Gasteiger partial charge in [-0.05, 0) is 29.2 Å². The molecule has 0 aliphatic heterocycles. The Morgan fingerprint density at radius 2 is 1.80 bits per heavy atom. The first-order valence-corrected chi connectivity index (χ1v) is 8.62. The van der Waals surface area contributed by atoms with Gasteiger partial charge >= 0.3 is 5.63 Å². The number of hydrogen-bond acceptors (Lipinski definition) is 4. The maximum atomic E-state index is 12.0. The van der Waals surface area contributed by atoms with Crippen LogP contribution in [0.3, 0.4) is 0 Å². The summed E-state index contributed by atoms with van der Waals surface area (Å²) in [5, 5.41) is 10.4. The van der Waals surface area contributed by atoms with Crippen molar-refractivity contribution in [1.29, 1.82) is 0 Å². The maximum Gasteiger partial charge on any atom is 0.336 e. The Balaban J connectivity index is 1.92. The highest BCUT2D eigenvalue weighted by atomic mass is 16.4. The molecule has 1 heterocycles. The van der Waals surface area contributed by atoms with Crippen molar-refractivity contribution in [3.63, 3.8) is 0 Å². The van der Waals surface area contributed by atoms with Gasteiger partial charge in [-0.25, -0.2) is 4.79 Å². The van der Waals surface area contributed by atoms with Crippen molar-refractivity contribution in [3.8, 4) is 0 Å². The lowest BCUT2D eigenvalue weighted by molar-refractivity contribution is 0.184. The molecule has 0 spiro atoms. The summed E-state index contributed by atoms with van der Waals surface area (Å²) in [6.07, 6.45) is 0.897. The molecule has 0 aliphatic rings. The van der Waals surface area contributed by atoms with E-state index in [-0.39, 0.29) is 12.2 Å². The van der Waals surface area contributed by atoms with E-state index < -0.39 is 0 Å². The van der Waals surface area contributed by atoms with Crippen LogP contribution in [0.5, 0.6) is 0 Å². The maximum absolute atomic E-state index is 12.0. The van der Waals surface area contributed by atoms with Crippen LogP contribution in [-0.4, -0.2) is 23.2 Å². The lowest BCUT2D eigenvalue weighted by Crippen LogP contribution is -2.26. The van der Waals surface area contributed by atoms with E-state index in [1.165, 1.54) is 5.56 Å². The first kappa shape index (κ1) is 17.4. The summed E-state index contributed by atoms with van der Waals surface area (Å²) < 4.78 is 5.38. The van der Waals surface area contributed by atoms with Crippen LogP contribution >= 0.6 is 0 Å². The van der Waals surface area contributed by atoms with E-state index in [1.807, 2.05) is 30.3 Å². The lowest BCUT2D eigenvalue weighted by atomic mass is 10.1. The second-order valence-electron chi connectivity index (χ2n) is 6.19. The summed E-state index contributed by atoms with van der Waals surface area (Å²) in [7, 11) is 0. The molecule has 3 aromatic rings. The van der Waals surface area contributed by atoms with Gasteiger partial charge in [0.25, 0.3) is 0 Å². The Morgan fingerprint density at radius 1 is 1.00 bits per heavy atom. The molecule has 1 aromatic heterocycles. The Hall–Kier alpha value is -2.43. The number of rotatable bonds is 7. The van der Waals surface area contributed by atoms with Gasteiger partial charge in [-0.1, -0.05) is 49.4 Å². The normalized spacial score (nSPS) is 11.3. The van der Waals surface area contributed by atoms with Crippen molar-refractivity contribution in [1.82, 2.24) is 4.90 Å². The largest absolute Gasteiger partial charge is 0.423 e. The third-order valence-corrected chi connectivity index (χ3v) is 4.36. The highest BCUT2D eigenvalue weighted by Gasteiger charge is 2.12. The van der Waals surface area contributed by atoms with Gasteiger partial charge in [0, 0.05) is 31.1 Å². The van der Waals surface area contributed by atoms with Crippen molar-refractivity contribution in [3.05, 3.63) is 81.7 Å². The third kappa shape index (κ3) is 4.35. The van der Waals surface area contributed by atoms with E-state index in [2.05, 4.69) is 30.0 Å². The minimum Gasteiger partial charge on any atom is -0.423 e. The molecule has 130 valence electrons. The fourth-order valence-corrected chi connectivity index (χ4v) is 3.06. The fraction of sp³-hybridized carbons (Fsp3) is 0.286. The van der Waals surface area contributed by atoms with Gasteiger partial charge in [-0.2, -0.15) is 0 Å². The van der Waals surface area contributed by atoms with Gasteiger partial charge in [0.2, 0.25) is 0 Å². The van der Waals surface area contributed by atoms with Crippen LogP contribution in [0, 0.1) is 0 Å². The van der Waals surface area contributed by atoms with Crippen LogP contribution in [-0.2, 0) is 19.5 Å². The van der Waals surface area contributed by atoms with Gasteiger partial charge < -0.3 is 9.52 Å². The van der Waals surface area contributed by atoms with Gasteiger partial charge in [0.05, 0.1) is 6.61 Å². The molecule has 0 atom stereocenters. The molecular weight excluding hydrogens is 314 g/mol. The highest BCUT2D eigenvalue weighted by molar-refractivity contribution is 5.80. The average Bonchev–Trinajstić information content (AvgIpc) is 2.62. The zero-order valence-electron chi connectivity index (χ0n) is 14.4. The smallest absolute Gasteiger partial charge is 0.336 e. The minimum atomic E-state index is -0.334. The summed E-state index contributed by atoms with van der Waals surface area (Å²) in [4.78, 5) is 14.1. The summed E-state index contributed by atoms with van der Waals surface area (Å²) in [6.45, 7) is 4.00. The zero-order chi connectivity index (χ0) is 17.6. The molecule has 0 saturated carbocycles. The van der Waals surface area contributed by atoms with E-state index in [9.17, 15) is 9.90 Å². The van der Waals surface area contributed by atoms with Crippen molar-refractivity contribution in [2.45, 2.75) is 26.4 Å². The number of nitrogens with zero attached hydrogens (tertiary/aromatic N) is 1. The zero-order valence-corrected chi connectivity index (χ0v) is 14.4. The summed E-state index contributed by atoms with van der Waals surface area (Å²) in [5.74, 6) is 0. The standard InChI is InChI=1S/C21H23NO3/c1-2-16-8-9-19-18(13-21(24)25-20(19)12-16)15-22(10-11-23)14-17-6-4-3-5-7-17/h3-9,12-13,23H,2,10-11,14-15H2,1H3. The number of aryl methyl sites for hydroxylation is 1. The molecule has 4 heteroatoms. The molecule has 0 unspecified atom stereocenters. The third-order valence-electron chi connectivity index (χ3n) is 4.36. The van der Waals surface area contributed by atoms with E-state index in [1.54, 1.807) is 6.07 Å². The van der Waals surface area contributed by atoms with Crippen LogP contribution in [0.2, 0.25) is 0 Å². The van der Waals surface area contributed by atoms with E-state index >= 15 is 0 Å². The molecule has 2 aromatic carbocycles. The van der Waals surface area contributed by atoms with Gasteiger partial charge in [0.1, 0.15) is 5.58 Å². The molecule has 25 heavy (non-hydrogen) atoms. The molecule has 0 amide bonds. The average molecular weight is 337 g/mol. The number of aliphatic hydroxyl groups excluding tert-OH is 1. The van der Waals surface area contributed by atoms with E-state index in [0.29, 0.717) is 18.7 Å². The second kappa shape index (κ2) is 8.10. The molecule has 0 bridgehead atoms. The first-order valence-electron chi connectivity index (χ1n) is 8.62. The van der Waals surface area contributed by atoms with Crippen molar-refractivity contribution < 1.29 is 9.52 Å². The van der Waals surface area contributed by atoms with E-state index in [0.717, 1.165) is 29.5 Å². The Labute approximate surface area is 147 Å². The number of aliphatic hydroxyl groups is 1. The van der Waals surface area contributed by atoms with Gasteiger partial charge in [-0.3, -0.25) is 4.90 Å². The molecule has 0 radical (unpaired) electrons. The first-order chi connectivity index (χ1) is 12.2. The Kier molecular flexibility index (Phi) is 5.64. The van der Waals surface area contributed by atoms with Gasteiger partial charge in [-0.15, -0.1) is 0 Å².